The first-order valence-electron chi connectivity index (χ1n) is 10.4. The molecule has 0 unspecified atom stereocenters. The Hall–Kier alpha value is -3.42. The molecular formula is C26H23N3O2S2. The second-order valence-electron chi connectivity index (χ2n) is 7.29. The molecule has 5 nitrogen and oxygen atoms in total. The molecular weight excluding hydrogens is 450 g/mol. The predicted octanol–water partition coefficient (Wildman–Crippen LogP) is 5.94. The van der Waals surface area contributed by atoms with Crippen LogP contribution in [0.3, 0.4) is 0 Å². The van der Waals surface area contributed by atoms with E-state index < -0.39 is 0 Å². The smallest absolute Gasteiger partial charge is 0.250 e. The standard InChI is InChI=1S/C26H23N3O2S2/c1-19-6-5-7-21(14-19)16-31-23-12-10-20(11-13-23)15-27-29-25(30)18-33-26-28-24(17-32-26)22-8-3-2-4-9-22/h2-15,17H,16,18H2,1H3,(H,29,30)/b27-15+. The summed E-state index contributed by atoms with van der Waals surface area (Å²) in [4.78, 5) is 16.7. The van der Waals surface area contributed by atoms with Gasteiger partial charge in [0.05, 0.1) is 17.7 Å². The van der Waals surface area contributed by atoms with Crippen molar-refractivity contribution in [1.82, 2.24) is 10.4 Å². The maximum atomic E-state index is 12.1. The number of nitrogens with one attached hydrogen (secondary N) is 1. The molecule has 1 amide bonds. The van der Waals surface area contributed by atoms with E-state index in [0.29, 0.717) is 6.61 Å². The molecule has 0 saturated heterocycles. The number of thiazole rings is 1. The van der Waals surface area contributed by atoms with E-state index >= 15 is 0 Å². The highest BCUT2D eigenvalue weighted by Gasteiger charge is 2.07. The van der Waals surface area contributed by atoms with Crippen LogP contribution in [-0.4, -0.2) is 22.9 Å². The van der Waals surface area contributed by atoms with E-state index in [9.17, 15) is 4.79 Å². The average Bonchev–Trinajstić information content (AvgIpc) is 3.32. The number of hydrogen-bond acceptors (Lipinski definition) is 6. The Balaban J connectivity index is 1.20. The maximum Gasteiger partial charge on any atom is 0.250 e. The maximum absolute atomic E-state index is 12.1. The lowest BCUT2D eigenvalue weighted by atomic mass is 10.1. The van der Waals surface area contributed by atoms with Crippen LogP contribution in [0, 0.1) is 6.92 Å². The highest BCUT2D eigenvalue weighted by molar-refractivity contribution is 8.01. The highest BCUT2D eigenvalue weighted by atomic mass is 32.2. The molecule has 1 aromatic heterocycles. The lowest BCUT2D eigenvalue weighted by Gasteiger charge is -2.07. The van der Waals surface area contributed by atoms with E-state index in [2.05, 4.69) is 34.6 Å². The number of amides is 1. The summed E-state index contributed by atoms with van der Waals surface area (Å²) in [6.07, 6.45) is 1.61. The molecule has 0 aliphatic heterocycles. The number of rotatable bonds is 9. The quantitative estimate of drug-likeness (QED) is 0.186. The molecule has 0 fully saturated rings. The zero-order valence-corrected chi connectivity index (χ0v) is 19.7. The molecule has 0 atom stereocenters. The van der Waals surface area contributed by atoms with E-state index in [1.807, 2.05) is 72.1 Å². The third kappa shape index (κ3) is 7.03. The number of benzene rings is 3. The molecule has 0 aliphatic rings. The van der Waals surface area contributed by atoms with E-state index in [0.717, 1.165) is 32.5 Å². The van der Waals surface area contributed by atoms with Gasteiger partial charge in [-0.1, -0.05) is 71.9 Å². The molecule has 0 bridgehead atoms. The van der Waals surface area contributed by atoms with E-state index in [-0.39, 0.29) is 11.7 Å². The normalized spacial score (nSPS) is 10.9. The lowest BCUT2D eigenvalue weighted by Crippen LogP contribution is -2.19. The Kier molecular flexibility index (Phi) is 7.90. The van der Waals surface area contributed by atoms with Gasteiger partial charge in [-0.15, -0.1) is 11.3 Å². The van der Waals surface area contributed by atoms with Crippen LogP contribution in [0.4, 0.5) is 0 Å². The molecule has 4 aromatic rings. The van der Waals surface area contributed by atoms with Gasteiger partial charge in [-0.25, -0.2) is 10.4 Å². The Morgan fingerprint density at radius 1 is 1.09 bits per heavy atom. The lowest BCUT2D eigenvalue weighted by molar-refractivity contribution is -0.118. The molecule has 166 valence electrons. The van der Waals surface area contributed by atoms with Gasteiger partial charge in [-0.3, -0.25) is 4.79 Å². The van der Waals surface area contributed by atoms with Crippen molar-refractivity contribution in [2.24, 2.45) is 5.10 Å². The molecule has 7 heteroatoms. The number of carbonyl (C=O) groups is 1. The second kappa shape index (κ2) is 11.4. The molecule has 0 saturated carbocycles. The Labute approximate surface area is 201 Å². The fourth-order valence-corrected chi connectivity index (χ4v) is 4.65. The summed E-state index contributed by atoms with van der Waals surface area (Å²) in [5.41, 5.74) is 7.78. The van der Waals surface area contributed by atoms with Crippen LogP contribution in [0.2, 0.25) is 0 Å². The van der Waals surface area contributed by atoms with E-state index in [1.54, 1.807) is 6.21 Å². The van der Waals surface area contributed by atoms with Gasteiger partial charge in [-0.05, 0) is 42.3 Å². The van der Waals surface area contributed by atoms with Crippen molar-refractivity contribution in [2.45, 2.75) is 17.9 Å². The number of aryl methyl sites for hydroxylation is 1. The van der Waals surface area contributed by atoms with Gasteiger partial charge in [0, 0.05) is 10.9 Å². The molecule has 0 aliphatic carbocycles. The number of ether oxygens (including phenoxy) is 1. The number of hydrogen-bond donors (Lipinski definition) is 1. The minimum atomic E-state index is -0.175. The van der Waals surface area contributed by atoms with Crippen molar-refractivity contribution < 1.29 is 9.53 Å². The SMILES string of the molecule is Cc1cccc(COc2ccc(/C=N/NC(=O)CSc3nc(-c4ccccc4)cs3)cc2)c1. The van der Waals surface area contributed by atoms with Crippen molar-refractivity contribution in [2.75, 3.05) is 5.75 Å². The minimum Gasteiger partial charge on any atom is -0.489 e. The van der Waals surface area contributed by atoms with Crippen molar-refractivity contribution in [3.63, 3.8) is 0 Å². The molecule has 4 rings (SSSR count). The summed E-state index contributed by atoms with van der Waals surface area (Å²) < 4.78 is 6.68. The van der Waals surface area contributed by atoms with Crippen molar-refractivity contribution in [1.29, 1.82) is 0 Å². The van der Waals surface area contributed by atoms with Crippen molar-refractivity contribution >= 4 is 35.2 Å². The molecule has 3 aromatic carbocycles. The third-order valence-corrected chi connectivity index (χ3v) is 6.67. The first-order chi connectivity index (χ1) is 16.2. The van der Waals surface area contributed by atoms with Crippen LogP contribution in [0.1, 0.15) is 16.7 Å². The van der Waals surface area contributed by atoms with Gasteiger partial charge in [0.2, 0.25) is 0 Å². The van der Waals surface area contributed by atoms with Gasteiger partial charge >= 0.3 is 0 Å². The number of hydrazone groups is 1. The van der Waals surface area contributed by atoms with Gasteiger partial charge < -0.3 is 4.74 Å². The summed E-state index contributed by atoms with van der Waals surface area (Å²) in [5.74, 6) is 0.864. The number of carbonyl (C=O) groups excluding carboxylic acids is 1. The van der Waals surface area contributed by atoms with Crippen LogP contribution in [0.5, 0.6) is 5.75 Å². The molecule has 1 heterocycles. The first kappa shape index (κ1) is 22.8. The van der Waals surface area contributed by atoms with Crippen molar-refractivity contribution in [3.8, 4) is 17.0 Å². The largest absolute Gasteiger partial charge is 0.489 e. The summed E-state index contributed by atoms with van der Waals surface area (Å²) >= 11 is 2.93. The fraction of sp³-hybridized carbons (Fsp3) is 0.115. The van der Waals surface area contributed by atoms with Crippen LogP contribution in [-0.2, 0) is 11.4 Å². The number of aromatic nitrogens is 1. The Bertz CT molecular complexity index is 1220. The van der Waals surface area contributed by atoms with Gasteiger partial charge in [0.1, 0.15) is 12.4 Å². The van der Waals surface area contributed by atoms with Gasteiger partial charge in [-0.2, -0.15) is 5.10 Å². The predicted molar refractivity (Wildman–Crippen MR) is 136 cm³/mol. The van der Waals surface area contributed by atoms with E-state index in [1.165, 1.54) is 28.7 Å². The molecule has 33 heavy (non-hydrogen) atoms. The van der Waals surface area contributed by atoms with Gasteiger partial charge in [0.25, 0.3) is 5.91 Å². The molecule has 0 radical (unpaired) electrons. The second-order valence-corrected chi connectivity index (χ2v) is 9.37. The van der Waals surface area contributed by atoms with Crippen LogP contribution < -0.4 is 10.2 Å². The van der Waals surface area contributed by atoms with Crippen LogP contribution in [0.15, 0.2) is 93.7 Å². The number of thioether (sulfide) groups is 1. The summed E-state index contributed by atoms with van der Waals surface area (Å²) in [6.45, 7) is 2.59. The summed E-state index contributed by atoms with van der Waals surface area (Å²) in [7, 11) is 0. The zero-order valence-electron chi connectivity index (χ0n) is 18.1. The first-order valence-corrected chi connectivity index (χ1v) is 12.3. The number of nitrogens with zero attached hydrogens (tertiary/aromatic N) is 2. The topological polar surface area (TPSA) is 63.6 Å². The molecule has 1 N–H and O–H groups in total. The van der Waals surface area contributed by atoms with Crippen LogP contribution in [0.25, 0.3) is 11.3 Å². The average molecular weight is 474 g/mol. The zero-order chi connectivity index (χ0) is 22.9. The fourth-order valence-electron chi connectivity index (χ4n) is 3.02. The molecule has 0 spiro atoms. The Morgan fingerprint density at radius 2 is 1.91 bits per heavy atom. The van der Waals surface area contributed by atoms with Crippen molar-refractivity contribution in [3.05, 3.63) is 101 Å². The summed E-state index contributed by atoms with van der Waals surface area (Å²) in [6, 6.07) is 25.8. The third-order valence-electron chi connectivity index (χ3n) is 4.65. The monoisotopic (exact) mass is 473 g/mol. The minimum absolute atomic E-state index is 0.175. The van der Waals surface area contributed by atoms with Crippen LogP contribution >= 0.6 is 23.1 Å². The van der Waals surface area contributed by atoms with Gasteiger partial charge in [0.15, 0.2) is 4.34 Å². The highest BCUT2D eigenvalue weighted by Crippen LogP contribution is 2.27. The van der Waals surface area contributed by atoms with E-state index in [4.69, 9.17) is 4.74 Å². The Morgan fingerprint density at radius 3 is 2.70 bits per heavy atom. The summed E-state index contributed by atoms with van der Waals surface area (Å²) in [5, 5.41) is 6.05.